The minimum absolute atomic E-state index is 0.0795. The Morgan fingerprint density at radius 3 is 2.16 bits per heavy atom. The smallest absolute Gasteiger partial charge is 0.307 e. The summed E-state index contributed by atoms with van der Waals surface area (Å²) in [6.45, 7) is 0. The van der Waals surface area contributed by atoms with E-state index in [1.165, 1.54) is 18.2 Å². The lowest BCUT2D eigenvalue weighted by molar-refractivity contribution is -0.136. The van der Waals surface area contributed by atoms with Crippen LogP contribution in [0.25, 0.3) is 0 Å². The predicted molar refractivity (Wildman–Crippen MR) is 113 cm³/mol. The number of carbonyl (C=O) groups is 1. The molecule has 0 unspecified atom stereocenters. The van der Waals surface area contributed by atoms with E-state index < -0.39 is 16.4 Å². The molecule has 1 N–H and O–H groups in total. The minimum Gasteiger partial charge on any atom is -0.716 e. The number of carboxylic acid groups (broad SMARTS) is 1. The van der Waals surface area contributed by atoms with E-state index >= 15 is 0 Å². The number of hydrogen-bond donors (Lipinski definition) is 1. The summed E-state index contributed by atoms with van der Waals surface area (Å²) in [6, 6.07) is 7.76. The number of hydrogen-bond acceptors (Lipinski definition) is 6. The summed E-state index contributed by atoms with van der Waals surface area (Å²) in [5.74, 6) is -0.0268. The molecule has 0 bridgehead atoms. The van der Waals surface area contributed by atoms with Gasteiger partial charge in [-0.25, -0.2) is 8.42 Å². The summed E-state index contributed by atoms with van der Waals surface area (Å²) in [5, 5.41) is 8.88. The van der Waals surface area contributed by atoms with Crippen LogP contribution in [0.1, 0.15) is 5.56 Å². The first kappa shape index (κ1) is 20.9. The fraction of sp³-hybridized carbons (Fsp3) is 0.0714. The number of aliphatic carboxylic acids is 1. The van der Waals surface area contributed by atoms with Crippen molar-refractivity contribution in [3.63, 3.8) is 0 Å². The highest BCUT2D eigenvalue weighted by Gasteiger charge is 2.13. The molecule has 2 aromatic carbocycles. The Balaban J connectivity index is 2.28. The third-order valence-corrected chi connectivity index (χ3v) is 5.56. The molecule has 7 nitrogen and oxygen atoms in total. The Bertz CT molecular complexity index is 905. The second-order valence-corrected chi connectivity index (χ2v) is 9.11. The fourth-order valence-electron chi connectivity index (χ4n) is 1.83. The average Bonchev–Trinajstić information content (AvgIpc) is 2.43. The molecule has 2 aromatic rings. The van der Waals surface area contributed by atoms with Gasteiger partial charge in [0.2, 0.25) is 0 Å². The topological polar surface area (TPSA) is 113 Å². The Labute approximate surface area is 184 Å². The highest BCUT2D eigenvalue weighted by Crippen LogP contribution is 2.35. The van der Waals surface area contributed by atoms with Crippen molar-refractivity contribution in [3.05, 3.63) is 46.6 Å². The van der Waals surface area contributed by atoms with Gasteiger partial charge in [-0.2, -0.15) is 0 Å². The zero-order chi connectivity index (χ0) is 18.8. The van der Waals surface area contributed by atoms with E-state index in [0.29, 0.717) is 20.6 Å². The normalized spacial score (nSPS) is 11.2. The second kappa shape index (κ2) is 8.53. The number of ether oxygens (including phenoxy) is 1. The van der Waals surface area contributed by atoms with Gasteiger partial charge in [-0.1, -0.05) is 0 Å². The molecule has 0 aliphatic heterocycles. The molecule has 11 heteroatoms. The maximum atomic E-state index is 10.8. The number of benzene rings is 2. The zero-order valence-electron chi connectivity index (χ0n) is 12.0. The van der Waals surface area contributed by atoms with Gasteiger partial charge in [-0.3, -0.25) is 4.79 Å². The van der Waals surface area contributed by atoms with E-state index in [1.54, 1.807) is 12.1 Å². The van der Waals surface area contributed by atoms with Crippen LogP contribution in [-0.4, -0.2) is 24.0 Å². The molecule has 0 atom stereocenters. The van der Waals surface area contributed by atoms with Gasteiger partial charge >= 0.3 is 5.97 Å². The van der Waals surface area contributed by atoms with Crippen molar-refractivity contribution in [2.45, 2.75) is 6.42 Å². The van der Waals surface area contributed by atoms with E-state index in [2.05, 4.69) is 4.18 Å². The molecule has 25 heavy (non-hydrogen) atoms. The number of halogens is 3. The van der Waals surface area contributed by atoms with Gasteiger partial charge in [0.15, 0.2) is 11.5 Å². The Morgan fingerprint density at radius 1 is 1.08 bits per heavy atom. The van der Waals surface area contributed by atoms with Crippen molar-refractivity contribution in [2.75, 3.05) is 0 Å². The summed E-state index contributed by atoms with van der Waals surface area (Å²) in [7, 11) is -4.85. The van der Waals surface area contributed by atoms with Crippen LogP contribution in [0.3, 0.4) is 0 Å². The molecule has 0 aliphatic rings. The minimum atomic E-state index is -4.85. The Morgan fingerprint density at radius 2 is 1.68 bits per heavy atom. The van der Waals surface area contributed by atoms with Crippen molar-refractivity contribution in [1.82, 2.24) is 0 Å². The maximum Gasteiger partial charge on any atom is 0.307 e. The molecule has 0 spiro atoms. The van der Waals surface area contributed by atoms with Gasteiger partial charge in [0, 0.05) is 0 Å². The van der Waals surface area contributed by atoms with Crippen molar-refractivity contribution >= 4 is 84.1 Å². The van der Waals surface area contributed by atoms with Gasteiger partial charge in [-0.15, -0.1) is 0 Å². The largest absolute Gasteiger partial charge is 0.716 e. The summed E-state index contributed by atoms with van der Waals surface area (Å²) in [6.07, 6.45) is -0.0834. The van der Waals surface area contributed by atoms with Crippen LogP contribution in [0.2, 0.25) is 0 Å². The zero-order valence-corrected chi connectivity index (χ0v) is 19.3. The summed E-state index contributed by atoms with van der Waals surface area (Å²) in [5.41, 5.74) is 0.660. The summed E-state index contributed by atoms with van der Waals surface area (Å²) in [4.78, 5) is 10.8. The van der Waals surface area contributed by atoms with E-state index in [4.69, 9.17) is 9.84 Å². The van der Waals surface area contributed by atoms with E-state index in [9.17, 15) is 17.8 Å². The van der Waals surface area contributed by atoms with Crippen LogP contribution < -0.4 is 8.92 Å². The first-order chi connectivity index (χ1) is 11.5. The first-order valence-electron chi connectivity index (χ1n) is 6.37. The quantitative estimate of drug-likeness (QED) is 0.278. The molecule has 2 rings (SSSR count). The molecule has 0 aromatic heterocycles. The van der Waals surface area contributed by atoms with Crippen molar-refractivity contribution < 1.29 is 31.8 Å². The SMILES string of the molecule is O=C(O)Cc1cc(I)c(Oc2ccc(OS(=O)(=O)[O-])c(I)c2)c(I)c1. The second-order valence-electron chi connectivity index (χ2n) is 4.64. The molecule has 0 saturated heterocycles. The van der Waals surface area contributed by atoms with Crippen molar-refractivity contribution in [2.24, 2.45) is 0 Å². The lowest BCUT2D eigenvalue weighted by Crippen LogP contribution is -2.08. The van der Waals surface area contributed by atoms with Crippen LogP contribution >= 0.6 is 67.8 Å². The standard InChI is InChI=1S/C14H9I3O7S/c15-9-6-8(1-2-12(9)24-25(20,21)22)23-14-10(16)3-7(4-11(14)17)5-13(18)19/h1-4,6H,5H2,(H,18,19)(H,20,21,22)/p-1. The number of rotatable bonds is 6. The molecule has 0 aliphatic carbocycles. The van der Waals surface area contributed by atoms with Gasteiger partial charge in [-0.05, 0) is 104 Å². The van der Waals surface area contributed by atoms with Crippen molar-refractivity contribution in [1.29, 1.82) is 0 Å². The monoisotopic (exact) mass is 701 g/mol. The average molecular weight is 701 g/mol. The first-order valence-corrected chi connectivity index (χ1v) is 10.9. The highest BCUT2D eigenvalue weighted by atomic mass is 127. The summed E-state index contributed by atoms with van der Waals surface area (Å²) < 4.78 is 44.0. The third-order valence-electron chi connectivity index (χ3n) is 2.73. The molecule has 0 saturated carbocycles. The Hall–Kier alpha value is -0.390. The lowest BCUT2D eigenvalue weighted by atomic mass is 10.1. The maximum absolute atomic E-state index is 10.8. The van der Waals surface area contributed by atoms with Crippen LogP contribution in [0.4, 0.5) is 0 Å². The Kier molecular flexibility index (Phi) is 7.14. The third kappa shape index (κ3) is 6.37. The summed E-state index contributed by atoms with van der Waals surface area (Å²) >= 11 is 5.92. The van der Waals surface area contributed by atoms with Gasteiger partial charge in [0.05, 0.1) is 17.1 Å². The molecule has 0 amide bonds. The number of carboxylic acids is 1. The van der Waals surface area contributed by atoms with E-state index in [1.807, 2.05) is 67.8 Å². The van der Waals surface area contributed by atoms with Crippen LogP contribution in [0.15, 0.2) is 30.3 Å². The lowest BCUT2D eigenvalue weighted by Gasteiger charge is -2.14. The van der Waals surface area contributed by atoms with Crippen LogP contribution in [0, 0.1) is 10.7 Å². The van der Waals surface area contributed by atoms with Gasteiger partial charge < -0.3 is 18.6 Å². The molecular weight excluding hydrogens is 693 g/mol. The van der Waals surface area contributed by atoms with E-state index in [0.717, 1.165) is 7.14 Å². The van der Waals surface area contributed by atoms with Gasteiger partial charge in [0.1, 0.15) is 5.75 Å². The van der Waals surface area contributed by atoms with Gasteiger partial charge in [0.25, 0.3) is 10.4 Å². The van der Waals surface area contributed by atoms with Crippen LogP contribution in [-0.2, 0) is 21.6 Å². The molecule has 0 fully saturated rings. The highest BCUT2D eigenvalue weighted by molar-refractivity contribution is 14.1. The fourth-order valence-corrected chi connectivity index (χ4v) is 5.06. The van der Waals surface area contributed by atoms with Crippen molar-refractivity contribution in [3.8, 4) is 17.2 Å². The van der Waals surface area contributed by atoms with Crippen LogP contribution in [0.5, 0.6) is 17.2 Å². The molecular formula is C14H8I3O7S-. The van der Waals surface area contributed by atoms with E-state index in [-0.39, 0.29) is 12.2 Å². The predicted octanol–water partition coefficient (Wildman–Crippen LogP) is 3.76. The molecule has 0 heterocycles. The molecule has 0 radical (unpaired) electrons. The molecule has 134 valence electrons.